The van der Waals surface area contributed by atoms with E-state index in [9.17, 15) is 4.79 Å². The molecule has 2 heterocycles. The van der Waals surface area contributed by atoms with Gasteiger partial charge in [-0.05, 0) is 0 Å². The van der Waals surface area contributed by atoms with Crippen LogP contribution >= 0.6 is 0 Å². The Morgan fingerprint density at radius 2 is 2.00 bits per heavy atom. The van der Waals surface area contributed by atoms with E-state index in [2.05, 4.69) is 0 Å². The van der Waals surface area contributed by atoms with E-state index in [0.29, 0.717) is 11.8 Å². The second-order valence-corrected chi connectivity index (χ2v) is 3.65. The predicted molar refractivity (Wildman–Crippen MR) is 41.9 cm³/mol. The van der Waals surface area contributed by atoms with E-state index in [1.807, 2.05) is 4.90 Å². The highest BCUT2D eigenvalue weighted by molar-refractivity contribution is 5.69. The highest BCUT2D eigenvalue weighted by Crippen LogP contribution is 2.28. The van der Waals surface area contributed by atoms with Gasteiger partial charge in [0, 0.05) is 24.9 Å². The first kappa shape index (κ1) is 8.01. The molecule has 68 valence electrons. The molecule has 2 aliphatic heterocycles. The second kappa shape index (κ2) is 3.03. The van der Waals surface area contributed by atoms with Crippen LogP contribution in [0, 0.1) is 11.8 Å². The molecule has 0 unspecified atom stereocenters. The molecule has 4 nitrogen and oxygen atoms in total. The number of carboxylic acids is 1. The molecule has 0 aromatic rings. The van der Waals surface area contributed by atoms with Crippen LogP contribution in [-0.4, -0.2) is 48.8 Å². The molecule has 2 fully saturated rings. The molecule has 0 spiro atoms. The molecule has 2 saturated heterocycles. The summed E-state index contributed by atoms with van der Waals surface area (Å²) in [4.78, 5) is 12.4. The van der Waals surface area contributed by atoms with E-state index < -0.39 is 5.97 Å². The van der Waals surface area contributed by atoms with Crippen LogP contribution in [-0.2, 0) is 9.53 Å². The van der Waals surface area contributed by atoms with Gasteiger partial charge in [0.15, 0.2) is 0 Å². The fourth-order valence-electron chi connectivity index (χ4n) is 2.10. The minimum Gasteiger partial charge on any atom is -0.480 e. The van der Waals surface area contributed by atoms with E-state index in [1.165, 1.54) is 0 Å². The molecule has 2 rings (SSSR count). The largest absolute Gasteiger partial charge is 0.480 e. The molecule has 1 N–H and O–H groups in total. The van der Waals surface area contributed by atoms with Gasteiger partial charge >= 0.3 is 5.97 Å². The Bertz CT molecular complexity index is 183. The molecule has 4 heteroatoms. The molecule has 0 amide bonds. The van der Waals surface area contributed by atoms with Crippen molar-refractivity contribution < 1.29 is 14.6 Å². The number of aliphatic carboxylic acids is 1. The summed E-state index contributed by atoms with van der Waals surface area (Å²) < 4.78 is 5.29. The number of ether oxygens (including phenoxy) is 1. The van der Waals surface area contributed by atoms with Gasteiger partial charge in [-0.1, -0.05) is 0 Å². The van der Waals surface area contributed by atoms with Gasteiger partial charge in [0.05, 0.1) is 19.8 Å². The van der Waals surface area contributed by atoms with Gasteiger partial charge < -0.3 is 9.84 Å². The van der Waals surface area contributed by atoms with Gasteiger partial charge in [0.1, 0.15) is 0 Å². The smallest absolute Gasteiger partial charge is 0.317 e. The Kier molecular flexibility index (Phi) is 2.02. The number of carbonyl (C=O) groups is 1. The van der Waals surface area contributed by atoms with Crippen molar-refractivity contribution in [2.24, 2.45) is 11.8 Å². The van der Waals surface area contributed by atoms with Crippen LogP contribution in [0.1, 0.15) is 0 Å². The summed E-state index contributed by atoms with van der Waals surface area (Å²) in [6.45, 7) is 3.63. The molecule has 2 atom stereocenters. The topological polar surface area (TPSA) is 49.8 Å². The number of nitrogens with zero attached hydrogens (tertiary/aromatic N) is 1. The average Bonchev–Trinajstić information content (AvgIpc) is 2.43. The fraction of sp³-hybridized carbons (Fsp3) is 0.875. The summed E-state index contributed by atoms with van der Waals surface area (Å²) >= 11 is 0. The van der Waals surface area contributed by atoms with E-state index in [-0.39, 0.29) is 6.54 Å². The van der Waals surface area contributed by atoms with Crippen molar-refractivity contribution in [2.75, 3.05) is 32.8 Å². The number of hydrogen-bond donors (Lipinski definition) is 1. The predicted octanol–water partition coefficient (Wildman–Crippen LogP) is -0.351. The highest BCUT2D eigenvalue weighted by atomic mass is 16.5. The minimum atomic E-state index is -0.726. The Balaban J connectivity index is 1.86. The molecule has 12 heavy (non-hydrogen) atoms. The van der Waals surface area contributed by atoms with Crippen molar-refractivity contribution >= 4 is 5.97 Å². The Hall–Kier alpha value is -0.610. The van der Waals surface area contributed by atoms with E-state index in [4.69, 9.17) is 9.84 Å². The molecule has 0 bridgehead atoms. The maximum absolute atomic E-state index is 10.4. The van der Waals surface area contributed by atoms with Crippen molar-refractivity contribution in [3.63, 3.8) is 0 Å². The quantitative estimate of drug-likeness (QED) is 0.617. The van der Waals surface area contributed by atoms with Gasteiger partial charge in [-0.2, -0.15) is 0 Å². The average molecular weight is 171 g/mol. The third-order valence-corrected chi connectivity index (χ3v) is 2.67. The molecule has 0 aromatic heterocycles. The molecular formula is C8H13NO3. The zero-order valence-electron chi connectivity index (χ0n) is 6.90. The number of hydrogen-bond acceptors (Lipinski definition) is 3. The molecular weight excluding hydrogens is 158 g/mol. The third kappa shape index (κ3) is 1.44. The molecule has 0 aromatic carbocycles. The number of rotatable bonds is 2. The first-order valence-corrected chi connectivity index (χ1v) is 4.27. The first-order chi connectivity index (χ1) is 5.75. The SMILES string of the molecule is O=C(O)CN1C[C@H]2COC[C@@H]2C1. The maximum Gasteiger partial charge on any atom is 0.317 e. The normalized spacial score (nSPS) is 35.3. The van der Waals surface area contributed by atoms with Gasteiger partial charge in [-0.25, -0.2) is 0 Å². The van der Waals surface area contributed by atoms with Crippen LogP contribution < -0.4 is 0 Å². The van der Waals surface area contributed by atoms with Crippen molar-refractivity contribution in [2.45, 2.75) is 0 Å². The summed E-state index contributed by atoms with van der Waals surface area (Å²) in [6, 6.07) is 0. The monoisotopic (exact) mass is 171 g/mol. The first-order valence-electron chi connectivity index (χ1n) is 4.27. The van der Waals surface area contributed by atoms with Crippen LogP contribution in [0.5, 0.6) is 0 Å². The van der Waals surface area contributed by atoms with E-state index in [1.54, 1.807) is 0 Å². The Labute approximate surface area is 71.1 Å². The van der Waals surface area contributed by atoms with Crippen molar-refractivity contribution in [3.8, 4) is 0 Å². The van der Waals surface area contributed by atoms with Crippen molar-refractivity contribution in [3.05, 3.63) is 0 Å². The van der Waals surface area contributed by atoms with Gasteiger partial charge in [-0.3, -0.25) is 9.69 Å². The summed E-state index contributed by atoms with van der Waals surface area (Å²) in [7, 11) is 0. The van der Waals surface area contributed by atoms with Crippen LogP contribution in [0.3, 0.4) is 0 Å². The lowest BCUT2D eigenvalue weighted by molar-refractivity contribution is -0.138. The summed E-state index contributed by atoms with van der Waals surface area (Å²) in [5, 5.41) is 8.56. The van der Waals surface area contributed by atoms with Crippen molar-refractivity contribution in [1.82, 2.24) is 4.90 Å². The number of fused-ring (bicyclic) bond motifs is 1. The molecule has 0 radical (unpaired) electrons. The molecule has 2 aliphatic rings. The van der Waals surface area contributed by atoms with Crippen LogP contribution in [0.4, 0.5) is 0 Å². The van der Waals surface area contributed by atoms with Crippen molar-refractivity contribution in [1.29, 1.82) is 0 Å². The van der Waals surface area contributed by atoms with Gasteiger partial charge in [0.2, 0.25) is 0 Å². The second-order valence-electron chi connectivity index (χ2n) is 3.65. The molecule has 0 saturated carbocycles. The lowest BCUT2D eigenvalue weighted by Crippen LogP contribution is -2.28. The summed E-state index contributed by atoms with van der Waals surface area (Å²) in [5.74, 6) is 0.449. The third-order valence-electron chi connectivity index (χ3n) is 2.67. The lowest BCUT2D eigenvalue weighted by Gasteiger charge is -2.12. The Morgan fingerprint density at radius 3 is 2.50 bits per heavy atom. The Morgan fingerprint density at radius 1 is 1.42 bits per heavy atom. The van der Waals surface area contributed by atoms with Gasteiger partial charge in [-0.15, -0.1) is 0 Å². The number of carboxylic acid groups (broad SMARTS) is 1. The zero-order valence-corrected chi connectivity index (χ0v) is 6.90. The van der Waals surface area contributed by atoms with E-state index >= 15 is 0 Å². The molecule has 0 aliphatic carbocycles. The summed E-state index contributed by atoms with van der Waals surface area (Å²) in [6.07, 6.45) is 0. The zero-order chi connectivity index (χ0) is 8.55. The standard InChI is InChI=1S/C8H13NO3/c10-8(11)3-9-1-6-4-12-5-7(6)2-9/h6-7H,1-5H2,(H,10,11)/t6-,7-/m0/s1. The van der Waals surface area contributed by atoms with Crippen LogP contribution in [0.2, 0.25) is 0 Å². The minimum absolute atomic E-state index is 0.188. The lowest BCUT2D eigenvalue weighted by atomic mass is 10.0. The maximum atomic E-state index is 10.4. The van der Waals surface area contributed by atoms with E-state index in [0.717, 1.165) is 26.3 Å². The number of likely N-dealkylation sites (tertiary alicyclic amines) is 1. The highest BCUT2D eigenvalue weighted by Gasteiger charge is 2.37. The van der Waals surface area contributed by atoms with Gasteiger partial charge in [0.25, 0.3) is 0 Å². The summed E-state index contributed by atoms with van der Waals surface area (Å²) in [5.41, 5.74) is 0. The van der Waals surface area contributed by atoms with Crippen LogP contribution in [0.15, 0.2) is 0 Å². The fourth-order valence-corrected chi connectivity index (χ4v) is 2.10. The van der Waals surface area contributed by atoms with Crippen LogP contribution in [0.25, 0.3) is 0 Å².